The van der Waals surface area contributed by atoms with Crippen molar-refractivity contribution in [1.29, 1.82) is 0 Å². The monoisotopic (exact) mass is 182 g/mol. The highest BCUT2D eigenvalue weighted by atomic mass is 14.9. The summed E-state index contributed by atoms with van der Waals surface area (Å²) in [7, 11) is 0. The van der Waals surface area contributed by atoms with Gasteiger partial charge in [0.05, 0.1) is 0 Å². The van der Waals surface area contributed by atoms with E-state index < -0.39 is 0 Å². The van der Waals surface area contributed by atoms with Gasteiger partial charge < -0.3 is 0 Å². The van der Waals surface area contributed by atoms with Gasteiger partial charge in [0.1, 0.15) is 11.0 Å². The van der Waals surface area contributed by atoms with Crippen molar-refractivity contribution in [3.05, 3.63) is 36.7 Å². The molecule has 0 unspecified atom stereocenters. The lowest BCUT2D eigenvalue weighted by atomic mass is 10.4. The highest BCUT2D eigenvalue weighted by Gasteiger charge is 2.00. The topological polar surface area (TPSA) is 51.6 Å². The average Bonchev–Trinajstić information content (AvgIpc) is 2.26. The largest absolute Gasteiger partial charge is 0.235 e. The first-order valence-electron chi connectivity index (χ1n) is 4.27. The van der Waals surface area contributed by atoms with E-state index in [0.717, 1.165) is 11.0 Å². The lowest BCUT2D eigenvalue weighted by Crippen LogP contribution is -1.90. The van der Waals surface area contributed by atoms with E-state index in [4.69, 9.17) is 0 Å². The van der Waals surface area contributed by atoms with Gasteiger partial charge in [0.2, 0.25) is 0 Å². The van der Waals surface area contributed by atoms with Crippen molar-refractivity contribution in [2.45, 2.75) is 0 Å². The Labute approximate surface area is 79.7 Å². The van der Waals surface area contributed by atoms with Crippen molar-refractivity contribution >= 4 is 22.3 Å². The SMILES string of the molecule is c1cnc2nc3cccnc3nc2c1. The summed E-state index contributed by atoms with van der Waals surface area (Å²) in [6.45, 7) is 0. The quantitative estimate of drug-likeness (QED) is 0.495. The first-order valence-corrected chi connectivity index (χ1v) is 4.27. The highest BCUT2D eigenvalue weighted by Crippen LogP contribution is 2.10. The third-order valence-electron chi connectivity index (χ3n) is 1.98. The molecule has 0 spiro atoms. The molecule has 0 radical (unpaired) electrons. The van der Waals surface area contributed by atoms with Gasteiger partial charge in [0.15, 0.2) is 11.3 Å². The van der Waals surface area contributed by atoms with Crippen LogP contribution in [0.15, 0.2) is 36.7 Å². The maximum Gasteiger partial charge on any atom is 0.178 e. The summed E-state index contributed by atoms with van der Waals surface area (Å²) in [6.07, 6.45) is 3.42. The second kappa shape index (κ2) is 2.70. The van der Waals surface area contributed by atoms with Crippen LogP contribution in [0.3, 0.4) is 0 Å². The molecular weight excluding hydrogens is 176 g/mol. The molecule has 3 rings (SSSR count). The average molecular weight is 182 g/mol. The molecule has 3 heterocycles. The van der Waals surface area contributed by atoms with Crippen molar-refractivity contribution in [3.8, 4) is 0 Å². The molecule has 0 aliphatic carbocycles. The Hall–Kier alpha value is -2.10. The van der Waals surface area contributed by atoms with Crippen LogP contribution < -0.4 is 0 Å². The van der Waals surface area contributed by atoms with E-state index in [-0.39, 0.29) is 0 Å². The Bertz CT molecular complexity index is 501. The molecular formula is C10H6N4. The minimum atomic E-state index is 0.660. The number of aromatic nitrogens is 4. The van der Waals surface area contributed by atoms with E-state index in [0.29, 0.717) is 11.3 Å². The molecule has 0 N–H and O–H groups in total. The highest BCUT2D eigenvalue weighted by molar-refractivity contribution is 5.81. The third-order valence-corrected chi connectivity index (χ3v) is 1.98. The predicted molar refractivity (Wildman–Crippen MR) is 52.6 cm³/mol. The van der Waals surface area contributed by atoms with Crippen LogP contribution in [0, 0.1) is 0 Å². The number of hydrogen-bond acceptors (Lipinski definition) is 4. The Morgan fingerprint density at radius 1 is 0.714 bits per heavy atom. The standard InChI is InChI=1S/C10H6N4/c1-3-7-9(11-5-1)14-8-4-2-6-12-10(8)13-7/h1-6H. The fourth-order valence-corrected chi connectivity index (χ4v) is 1.35. The van der Waals surface area contributed by atoms with Crippen LogP contribution >= 0.6 is 0 Å². The van der Waals surface area contributed by atoms with Crippen molar-refractivity contribution < 1.29 is 0 Å². The first-order chi connectivity index (χ1) is 6.93. The molecule has 0 fully saturated rings. The summed E-state index contributed by atoms with van der Waals surface area (Å²) in [4.78, 5) is 16.9. The van der Waals surface area contributed by atoms with Crippen molar-refractivity contribution in [3.63, 3.8) is 0 Å². The Balaban J connectivity index is 2.52. The normalized spacial score (nSPS) is 10.9. The maximum atomic E-state index is 4.34. The van der Waals surface area contributed by atoms with Gasteiger partial charge in [-0.25, -0.2) is 19.9 Å². The van der Waals surface area contributed by atoms with Gasteiger partial charge in [-0.2, -0.15) is 0 Å². The molecule has 0 atom stereocenters. The fraction of sp³-hybridized carbons (Fsp3) is 0. The summed E-state index contributed by atoms with van der Waals surface area (Å²) in [5.41, 5.74) is 2.87. The number of hydrogen-bond donors (Lipinski definition) is 0. The second-order valence-corrected chi connectivity index (χ2v) is 2.92. The van der Waals surface area contributed by atoms with Crippen LogP contribution in [0.1, 0.15) is 0 Å². The van der Waals surface area contributed by atoms with Gasteiger partial charge in [-0.05, 0) is 24.3 Å². The molecule has 66 valence electrons. The zero-order valence-electron chi connectivity index (χ0n) is 7.25. The zero-order valence-corrected chi connectivity index (χ0v) is 7.25. The van der Waals surface area contributed by atoms with E-state index in [2.05, 4.69) is 19.9 Å². The van der Waals surface area contributed by atoms with Crippen molar-refractivity contribution in [2.24, 2.45) is 0 Å². The van der Waals surface area contributed by atoms with E-state index in [1.54, 1.807) is 12.4 Å². The lowest BCUT2D eigenvalue weighted by molar-refractivity contribution is 1.24. The number of rotatable bonds is 0. The summed E-state index contributed by atoms with van der Waals surface area (Å²) >= 11 is 0. The molecule has 4 heteroatoms. The van der Waals surface area contributed by atoms with Crippen LogP contribution in [-0.2, 0) is 0 Å². The van der Waals surface area contributed by atoms with Gasteiger partial charge in [-0.15, -0.1) is 0 Å². The summed E-state index contributed by atoms with van der Waals surface area (Å²) in [5.74, 6) is 0. The van der Waals surface area contributed by atoms with E-state index in [1.165, 1.54) is 0 Å². The summed E-state index contributed by atoms with van der Waals surface area (Å²) in [6, 6.07) is 7.44. The molecule has 0 aliphatic rings. The second-order valence-electron chi connectivity index (χ2n) is 2.92. The Morgan fingerprint density at radius 2 is 1.21 bits per heavy atom. The molecule has 0 bridgehead atoms. The molecule has 14 heavy (non-hydrogen) atoms. The van der Waals surface area contributed by atoms with Crippen molar-refractivity contribution in [2.75, 3.05) is 0 Å². The summed E-state index contributed by atoms with van der Waals surface area (Å²) in [5, 5.41) is 0. The molecule has 0 saturated carbocycles. The van der Waals surface area contributed by atoms with Gasteiger partial charge in [-0.3, -0.25) is 0 Å². The minimum absolute atomic E-state index is 0.660. The number of pyridine rings is 2. The summed E-state index contributed by atoms with van der Waals surface area (Å²) < 4.78 is 0. The van der Waals surface area contributed by atoms with Crippen LogP contribution in [0.2, 0.25) is 0 Å². The predicted octanol–water partition coefficient (Wildman–Crippen LogP) is 1.57. The van der Waals surface area contributed by atoms with E-state index in [9.17, 15) is 0 Å². The smallest absolute Gasteiger partial charge is 0.178 e. The molecule has 0 aliphatic heterocycles. The third kappa shape index (κ3) is 1.01. The van der Waals surface area contributed by atoms with E-state index >= 15 is 0 Å². The lowest BCUT2D eigenvalue weighted by Gasteiger charge is -1.97. The molecule has 3 aromatic heterocycles. The van der Waals surface area contributed by atoms with Crippen LogP contribution in [0.5, 0.6) is 0 Å². The molecule has 0 amide bonds. The fourth-order valence-electron chi connectivity index (χ4n) is 1.35. The molecule has 4 nitrogen and oxygen atoms in total. The maximum absolute atomic E-state index is 4.34. The van der Waals surface area contributed by atoms with Gasteiger partial charge in [0.25, 0.3) is 0 Å². The van der Waals surface area contributed by atoms with Gasteiger partial charge in [-0.1, -0.05) is 0 Å². The Kier molecular flexibility index (Phi) is 1.41. The molecule has 3 aromatic rings. The van der Waals surface area contributed by atoms with Crippen LogP contribution in [0.4, 0.5) is 0 Å². The van der Waals surface area contributed by atoms with Gasteiger partial charge >= 0.3 is 0 Å². The first kappa shape index (κ1) is 7.32. The number of fused-ring (bicyclic) bond motifs is 2. The van der Waals surface area contributed by atoms with Crippen LogP contribution in [-0.4, -0.2) is 19.9 Å². The molecule has 0 aromatic carbocycles. The minimum Gasteiger partial charge on any atom is -0.235 e. The zero-order chi connectivity index (χ0) is 9.38. The van der Waals surface area contributed by atoms with Gasteiger partial charge in [0, 0.05) is 12.4 Å². The number of nitrogens with zero attached hydrogens (tertiary/aromatic N) is 4. The Morgan fingerprint density at radius 3 is 1.71 bits per heavy atom. The van der Waals surface area contributed by atoms with E-state index in [1.807, 2.05) is 24.3 Å². The molecule has 0 saturated heterocycles. The van der Waals surface area contributed by atoms with Crippen molar-refractivity contribution in [1.82, 2.24) is 19.9 Å². The van der Waals surface area contributed by atoms with Crippen LogP contribution in [0.25, 0.3) is 22.3 Å².